The van der Waals surface area contributed by atoms with Gasteiger partial charge in [0.05, 0.1) is 5.56 Å². The molecular formula is C13H13F3N2O2. The fraction of sp³-hybridized carbons (Fsp3) is 0.308. The van der Waals surface area contributed by atoms with Gasteiger partial charge in [0.15, 0.2) is 0 Å². The van der Waals surface area contributed by atoms with Gasteiger partial charge in [0.25, 0.3) is 0 Å². The molecule has 0 aromatic heterocycles. The molecule has 1 aliphatic rings. The fourth-order valence-corrected chi connectivity index (χ4v) is 2.16. The van der Waals surface area contributed by atoms with Crippen molar-refractivity contribution in [1.29, 1.82) is 0 Å². The van der Waals surface area contributed by atoms with E-state index < -0.39 is 17.8 Å². The van der Waals surface area contributed by atoms with E-state index in [0.29, 0.717) is 5.57 Å². The summed E-state index contributed by atoms with van der Waals surface area (Å²) in [6.07, 6.45) is -3.80. The number of nitrogen functional groups attached to an aromatic ring is 1. The molecule has 1 heterocycles. The highest BCUT2D eigenvalue weighted by Gasteiger charge is 2.34. The van der Waals surface area contributed by atoms with Crippen molar-refractivity contribution in [3.8, 4) is 0 Å². The molecule has 1 amide bonds. The molecule has 0 atom stereocenters. The fourth-order valence-electron chi connectivity index (χ4n) is 2.16. The minimum Gasteiger partial charge on any atom is -0.465 e. The number of anilines is 1. The monoisotopic (exact) mass is 286 g/mol. The average Bonchev–Trinajstić information content (AvgIpc) is 2.38. The zero-order valence-corrected chi connectivity index (χ0v) is 10.4. The number of carboxylic acid groups (broad SMARTS) is 1. The predicted molar refractivity (Wildman–Crippen MR) is 68.0 cm³/mol. The molecule has 1 aromatic rings. The normalized spacial score (nSPS) is 15.9. The van der Waals surface area contributed by atoms with Crippen molar-refractivity contribution < 1.29 is 23.1 Å². The molecule has 0 aliphatic carbocycles. The van der Waals surface area contributed by atoms with Crippen molar-refractivity contribution in [3.05, 3.63) is 35.4 Å². The molecule has 1 aliphatic heterocycles. The summed E-state index contributed by atoms with van der Waals surface area (Å²) in [7, 11) is 0. The standard InChI is InChI=1S/C13H13F3N2O2/c14-13(15,16)11-7-9(17)1-2-10(11)8-3-5-18(6-4-8)12(19)20/h1-3,7H,4-6,17H2,(H,19,20). The third kappa shape index (κ3) is 2.87. The Bertz CT molecular complexity index is 567. The highest BCUT2D eigenvalue weighted by molar-refractivity contribution is 5.74. The Morgan fingerprint density at radius 3 is 2.55 bits per heavy atom. The van der Waals surface area contributed by atoms with Crippen LogP contribution in [0, 0.1) is 0 Å². The molecular weight excluding hydrogens is 273 g/mol. The van der Waals surface area contributed by atoms with Gasteiger partial charge in [-0.25, -0.2) is 4.79 Å². The van der Waals surface area contributed by atoms with Crippen molar-refractivity contribution in [2.75, 3.05) is 18.8 Å². The van der Waals surface area contributed by atoms with Gasteiger partial charge >= 0.3 is 12.3 Å². The van der Waals surface area contributed by atoms with Crippen molar-refractivity contribution in [3.63, 3.8) is 0 Å². The summed E-state index contributed by atoms with van der Waals surface area (Å²) in [6.45, 7) is 0.273. The van der Waals surface area contributed by atoms with Crippen molar-refractivity contribution in [2.24, 2.45) is 0 Å². The molecule has 0 saturated heterocycles. The second-order valence-corrected chi connectivity index (χ2v) is 4.51. The summed E-state index contributed by atoms with van der Waals surface area (Å²) in [4.78, 5) is 11.9. The Hall–Kier alpha value is -2.18. The maximum absolute atomic E-state index is 13.0. The number of nitrogens with zero attached hydrogens (tertiary/aromatic N) is 1. The first-order valence-electron chi connectivity index (χ1n) is 5.93. The van der Waals surface area contributed by atoms with E-state index in [0.717, 1.165) is 11.0 Å². The first-order chi connectivity index (χ1) is 9.29. The molecule has 2 rings (SSSR count). The van der Waals surface area contributed by atoms with Crippen molar-refractivity contribution in [2.45, 2.75) is 12.6 Å². The summed E-state index contributed by atoms with van der Waals surface area (Å²) >= 11 is 0. The van der Waals surface area contributed by atoms with E-state index in [9.17, 15) is 18.0 Å². The third-order valence-electron chi connectivity index (χ3n) is 3.17. The summed E-state index contributed by atoms with van der Waals surface area (Å²) in [5.74, 6) is 0. The van der Waals surface area contributed by atoms with E-state index in [1.165, 1.54) is 18.2 Å². The maximum atomic E-state index is 13.0. The number of hydrogen-bond donors (Lipinski definition) is 2. The van der Waals surface area contributed by atoms with Crippen LogP contribution in [0.25, 0.3) is 5.57 Å². The van der Waals surface area contributed by atoms with Gasteiger partial charge in [-0.2, -0.15) is 13.2 Å². The number of rotatable bonds is 1. The number of nitrogens with two attached hydrogens (primary N) is 1. The lowest BCUT2D eigenvalue weighted by atomic mass is 9.94. The lowest BCUT2D eigenvalue weighted by molar-refractivity contribution is -0.137. The maximum Gasteiger partial charge on any atom is 0.417 e. The molecule has 0 bridgehead atoms. The van der Waals surface area contributed by atoms with Gasteiger partial charge in [-0.05, 0) is 29.7 Å². The average molecular weight is 286 g/mol. The molecule has 4 nitrogen and oxygen atoms in total. The first-order valence-corrected chi connectivity index (χ1v) is 5.93. The van der Waals surface area contributed by atoms with E-state index in [1.54, 1.807) is 0 Å². The molecule has 3 N–H and O–H groups in total. The number of alkyl halides is 3. The van der Waals surface area contributed by atoms with E-state index in [1.807, 2.05) is 0 Å². The number of halogens is 3. The van der Waals surface area contributed by atoms with Gasteiger partial charge in [0.2, 0.25) is 0 Å². The van der Waals surface area contributed by atoms with Crippen molar-refractivity contribution >= 4 is 17.4 Å². The second kappa shape index (κ2) is 5.07. The first kappa shape index (κ1) is 14.2. The van der Waals surface area contributed by atoms with Gasteiger partial charge < -0.3 is 15.7 Å². The Labute approximate surface area is 113 Å². The van der Waals surface area contributed by atoms with Gasteiger partial charge in [-0.1, -0.05) is 12.1 Å². The van der Waals surface area contributed by atoms with Crippen LogP contribution in [0.15, 0.2) is 24.3 Å². The van der Waals surface area contributed by atoms with E-state index >= 15 is 0 Å². The quantitative estimate of drug-likeness (QED) is 0.780. The minimum atomic E-state index is -4.49. The Morgan fingerprint density at radius 2 is 2.05 bits per heavy atom. The van der Waals surface area contributed by atoms with Crippen LogP contribution in [0.5, 0.6) is 0 Å². The number of carbonyl (C=O) groups is 1. The summed E-state index contributed by atoms with van der Waals surface area (Å²) in [6, 6.07) is 3.65. The van der Waals surface area contributed by atoms with Gasteiger partial charge in [0.1, 0.15) is 0 Å². The largest absolute Gasteiger partial charge is 0.465 e. The van der Waals surface area contributed by atoms with Crippen LogP contribution in [0.3, 0.4) is 0 Å². The summed E-state index contributed by atoms with van der Waals surface area (Å²) in [5.41, 5.74) is 5.23. The molecule has 20 heavy (non-hydrogen) atoms. The van der Waals surface area contributed by atoms with Crippen LogP contribution < -0.4 is 5.73 Å². The van der Waals surface area contributed by atoms with Crippen LogP contribution in [0.2, 0.25) is 0 Å². The van der Waals surface area contributed by atoms with Crippen LogP contribution in [0.4, 0.5) is 23.7 Å². The van der Waals surface area contributed by atoms with Crippen LogP contribution in [0.1, 0.15) is 17.5 Å². The van der Waals surface area contributed by atoms with Crippen LogP contribution >= 0.6 is 0 Å². The van der Waals surface area contributed by atoms with Crippen LogP contribution in [-0.2, 0) is 6.18 Å². The third-order valence-corrected chi connectivity index (χ3v) is 3.17. The Kier molecular flexibility index (Phi) is 3.61. The second-order valence-electron chi connectivity index (χ2n) is 4.51. The molecule has 0 spiro atoms. The zero-order valence-electron chi connectivity index (χ0n) is 10.4. The molecule has 7 heteroatoms. The molecule has 0 radical (unpaired) electrons. The summed E-state index contributed by atoms with van der Waals surface area (Å²) in [5, 5.41) is 8.82. The van der Waals surface area contributed by atoms with Crippen molar-refractivity contribution in [1.82, 2.24) is 4.90 Å². The molecule has 0 unspecified atom stereocenters. The molecule has 1 aromatic carbocycles. The number of hydrogen-bond acceptors (Lipinski definition) is 2. The number of benzene rings is 1. The van der Waals surface area contributed by atoms with Crippen LogP contribution in [-0.4, -0.2) is 29.2 Å². The van der Waals surface area contributed by atoms with E-state index in [2.05, 4.69) is 0 Å². The predicted octanol–water partition coefficient (Wildman–Crippen LogP) is 3.05. The Morgan fingerprint density at radius 1 is 1.35 bits per heavy atom. The minimum absolute atomic E-state index is 0.0460. The lowest BCUT2D eigenvalue weighted by Crippen LogP contribution is -2.33. The Balaban J connectivity index is 2.37. The smallest absolute Gasteiger partial charge is 0.417 e. The van der Waals surface area contributed by atoms with E-state index in [4.69, 9.17) is 10.8 Å². The molecule has 108 valence electrons. The van der Waals surface area contributed by atoms with Gasteiger partial charge in [-0.3, -0.25) is 0 Å². The van der Waals surface area contributed by atoms with E-state index in [-0.39, 0.29) is 30.8 Å². The van der Waals surface area contributed by atoms with Gasteiger partial charge in [0, 0.05) is 18.8 Å². The topological polar surface area (TPSA) is 66.6 Å². The highest BCUT2D eigenvalue weighted by Crippen LogP contribution is 2.37. The zero-order chi connectivity index (χ0) is 14.9. The SMILES string of the molecule is Nc1ccc(C2=CCN(C(=O)O)CC2)c(C(F)(F)F)c1. The number of amides is 1. The highest BCUT2D eigenvalue weighted by atomic mass is 19.4. The lowest BCUT2D eigenvalue weighted by Gasteiger charge is -2.25. The molecule has 0 saturated carbocycles. The summed E-state index contributed by atoms with van der Waals surface area (Å²) < 4.78 is 39.0. The molecule has 0 fully saturated rings. The van der Waals surface area contributed by atoms with Gasteiger partial charge in [-0.15, -0.1) is 0 Å².